The standard InChI is InChI=1S/C23H30N4O2.CH2O2/c1-2-23(22(29)24-17-18-8-4-3-5-9-18)16-19-11-12-20(23)27(19)21(28)10-6-14-26-15-7-13-25-26;2-1-3/h3-5,7-9,13,15,19-20H,2,6,10-12,14,16-17H2,1H3,(H,24,29);1H,(H,2,3)/t19-,20+,23+;/m0./s1. The number of amides is 2. The van der Waals surface area contributed by atoms with Gasteiger partial charge < -0.3 is 15.3 Å². The van der Waals surface area contributed by atoms with E-state index in [1.165, 1.54) is 0 Å². The van der Waals surface area contributed by atoms with Crippen LogP contribution in [0.5, 0.6) is 0 Å². The van der Waals surface area contributed by atoms with Crippen molar-refractivity contribution in [1.82, 2.24) is 20.0 Å². The number of hydrogen-bond donors (Lipinski definition) is 2. The summed E-state index contributed by atoms with van der Waals surface area (Å²) >= 11 is 0. The monoisotopic (exact) mass is 440 g/mol. The molecule has 2 amide bonds. The van der Waals surface area contributed by atoms with Gasteiger partial charge in [-0.3, -0.25) is 19.1 Å². The van der Waals surface area contributed by atoms with Gasteiger partial charge in [0, 0.05) is 44.0 Å². The lowest BCUT2D eigenvalue weighted by atomic mass is 9.71. The van der Waals surface area contributed by atoms with Crippen LogP contribution in [0.25, 0.3) is 0 Å². The average Bonchev–Trinajstić information content (AvgIpc) is 3.54. The lowest BCUT2D eigenvalue weighted by Gasteiger charge is -2.35. The smallest absolute Gasteiger partial charge is 0.290 e. The Morgan fingerprint density at radius 2 is 2.00 bits per heavy atom. The number of nitrogens with zero attached hydrogens (tertiary/aromatic N) is 3. The fraction of sp³-hybridized carbons (Fsp3) is 0.500. The van der Waals surface area contributed by atoms with Crippen molar-refractivity contribution in [3.05, 3.63) is 54.4 Å². The Hall–Kier alpha value is -3.16. The number of carbonyl (C=O) groups is 3. The predicted molar refractivity (Wildman–Crippen MR) is 119 cm³/mol. The van der Waals surface area contributed by atoms with Crippen LogP contribution < -0.4 is 5.32 Å². The molecule has 0 unspecified atom stereocenters. The lowest BCUT2D eigenvalue weighted by molar-refractivity contribution is -0.137. The number of rotatable bonds is 8. The first-order valence-electron chi connectivity index (χ1n) is 11.2. The van der Waals surface area contributed by atoms with Crippen molar-refractivity contribution in [3.63, 3.8) is 0 Å². The van der Waals surface area contributed by atoms with Gasteiger partial charge in [0.1, 0.15) is 0 Å². The fourth-order valence-corrected chi connectivity index (χ4v) is 5.25. The van der Waals surface area contributed by atoms with Crippen LogP contribution in [-0.4, -0.2) is 50.2 Å². The van der Waals surface area contributed by atoms with E-state index in [4.69, 9.17) is 9.90 Å². The van der Waals surface area contributed by atoms with E-state index >= 15 is 0 Å². The quantitative estimate of drug-likeness (QED) is 0.614. The first-order chi connectivity index (χ1) is 15.6. The van der Waals surface area contributed by atoms with Gasteiger partial charge in [-0.1, -0.05) is 37.3 Å². The molecule has 4 rings (SSSR count). The maximum absolute atomic E-state index is 13.2. The van der Waals surface area contributed by atoms with E-state index in [9.17, 15) is 9.59 Å². The minimum atomic E-state index is -0.449. The summed E-state index contributed by atoms with van der Waals surface area (Å²) in [6.07, 6.45) is 8.47. The summed E-state index contributed by atoms with van der Waals surface area (Å²) in [5, 5.41) is 14.2. The van der Waals surface area contributed by atoms with E-state index in [-0.39, 0.29) is 30.4 Å². The summed E-state index contributed by atoms with van der Waals surface area (Å²) in [7, 11) is 0. The van der Waals surface area contributed by atoms with Crippen LogP contribution in [0, 0.1) is 5.41 Å². The second-order valence-electron chi connectivity index (χ2n) is 8.41. The first kappa shape index (κ1) is 23.5. The highest BCUT2D eigenvalue weighted by molar-refractivity contribution is 5.87. The Kier molecular flexibility index (Phi) is 8.03. The molecule has 1 aromatic carbocycles. The third kappa shape index (κ3) is 5.00. The molecule has 0 radical (unpaired) electrons. The van der Waals surface area contributed by atoms with Gasteiger partial charge in [0.05, 0.1) is 5.41 Å². The van der Waals surface area contributed by atoms with Crippen LogP contribution in [0.3, 0.4) is 0 Å². The number of fused-ring (bicyclic) bond motifs is 2. The number of carboxylic acid groups (broad SMARTS) is 1. The second-order valence-corrected chi connectivity index (χ2v) is 8.41. The van der Waals surface area contributed by atoms with Gasteiger partial charge in [0.2, 0.25) is 11.8 Å². The predicted octanol–water partition coefficient (Wildman–Crippen LogP) is 2.84. The highest BCUT2D eigenvalue weighted by atomic mass is 16.3. The molecule has 2 bridgehead atoms. The van der Waals surface area contributed by atoms with E-state index in [0.717, 1.165) is 44.2 Å². The van der Waals surface area contributed by atoms with Crippen LogP contribution in [0.2, 0.25) is 0 Å². The summed E-state index contributed by atoms with van der Waals surface area (Å²) in [5.41, 5.74) is 0.650. The van der Waals surface area contributed by atoms with Gasteiger partial charge in [-0.05, 0) is 43.7 Å². The van der Waals surface area contributed by atoms with Crippen LogP contribution in [-0.2, 0) is 27.5 Å². The molecule has 0 aliphatic carbocycles. The van der Waals surface area contributed by atoms with Crippen LogP contribution in [0.1, 0.15) is 51.0 Å². The van der Waals surface area contributed by atoms with Crippen molar-refractivity contribution in [2.24, 2.45) is 5.41 Å². The summed E-state index contributed by atoms with van der Waals surface area (Å²) in [5.74, 6) is 0.293. The first-order valence-corrected chi connectivity index (χ1v) is 11.2. The lowest BCUT2D eigenvalue weighted by Crippen LogP contribution is -2.49. The molecular formula is C24H32N4O4. The summed E-state index contributed by atoms with van der Waals surface area (Å²) in [4.78, 5) is 36.7. The number of benzene rings is 1. The summed E-state index contributed by atoms with van der Waals surface area (Å²) < 4.78 is 1.86. The van der Waals surface area contributed by atoms with Crippen LogP contribution in [0.4, 0.5) is 0 Å². The zero-order valence-electron chi connectivity index (χ0n) is 18.5. The highest BCUT2D eigenvalue weighted by Crippen LogP contribution is 2.52. The van der Waals surface area contributed by atoms with Crippen molar-refractivity contribution in [1.29, 1.82) is 0 Å². The molecule has 2 aliphatic heterocycles. The molecule has 0 spiro atoms. The van der Waals surface area contributed by atoms with Gasteiger partial charge in [-0.25, -0.2) is 0 Å². The molecule has 3 atom stereocenters. The van der Waals surface area contributed by atoms with Crippen molar-refractivity contribution >= 4 is 18.3 Å². The number of hydrogen-bond acceptors (Lipinski definition) is 4. The third-order valence-electron chi connectivity index (χ3n) is 6.74. The Labute approximate surface area is 188 Å². The molecule has 8 heteroatoms. The van der Waals surface area contributed by atoms with Gasteiger partial charge in [0.15, 0.2) is 0 Å². The maximum atomic E-state index is 13.2. The second kappa shape index (κ2) is 10.9. The number of carbonyl (C=O) groups excluding carboxylic acids is 2. The molecule has 2 aliphatic rings. The van der Waals surface area contributed by atoms with Crippen LogP contribution in [0.15, 0.2) is 48.8 Å². The summed E-state index contributed by atoms with van der Waals surface area (Å²) in [6.45, 7) is 3.12. The van der Waals surface area contributed by atoms with E-state index in [2.05, 4.69) is 22.2 Å². The number of aryl methyl sites for hydroxylation is 1. The number of aromatic nitrogens is 2. The molecule has 172 valence electrons. The average molecular weight is 441 g/mol. The van der Waals surface area contributed by atoms with E-state index < -0.39 is 5.41 Å². The molecule has 0 saturated carbocycles. The SMILES string of the molecule is CC[C@@]1(C(=O)NCc2ccccc2)C[C@@H]2CC[C@H]1N2C(=O)CCCn1cccn1.O=CO. The molecule has 32 heavy (non-hydrogen) atoms. The normalized spacial score (nSPS) is 23.3. The molecule has 1 aromatic heterocycles. The van der Waals surface area contributed by atoms with Crippen molar-refractivity contribution in [3.8, 4) is 0 Å². The minimum Gasteiger partial charge on any atom is -0.483 e. The van der Waals surface area contributed by atoms with Gasteiger partial charge in [0.25, 0.3) is 6.47 Å². The Balaban J connectivity index is 0.000000913. The zero-order chi connectivity index (χ0) is 23.0. The van der Waals surface area contributed by atoms with Gasteiger partial charge in [-0.15, -0.1) is 0 Å². The molecule has 2 aromatic rings. The number of nitrogens with one attached hydrogen (secondary N) is 1. The van der Waals surface area contributed by atoms with E-state index in [1.807, 2.05) is 47.3 Å². The summed E-state index contributed by atoms with van der Waals surface area (Å²) in [6, 6.07) is 12.1. The van der Waals surface area contributed by atoms with E-state index in [0.29, 0.717) is 13.0 Å². The Bertz CT molecular complexity index is 887. The van der Waals surface area contributed by atoms with E-state index in [1.54, 1.807) is 6.20 Å². The van der Waals surface area contributed by atoms with Gasteiger partial charge >= 0.3 is 0 Å². The van der Waals surface area contributed by atoms with Crippen molar-refractivity contribution in [2.75, 3.05) is 0 Å². The Morgan fingerprint density at radius 1 is 1.25 bits per heavy atom. The van der Waals surface area contributed by atoms with Gasteiger partial charge in [-0.2, -0.15) is 5.10 Å². The highest BCUT2D eigenvalue weighted by Gasteiger charge is 2.59. The third-order valence-corrected chi connectivity index (χ3v) is 6.74. The molecule has 2 fully saturated rings. The minimum absolute atomic E-state index is 0.0328. The zero-order valence-corrected chi connectivity index (χ0v) is 18.5. The molecule has 2 saturated heterocycles. The largest absolute Gasteiger partial charge is 0.483 e. The van der Waals surface area contributed by atoms with Crippen LogP contribution >= 0.6 is 0 Å². The molecule has 2 N–H and O–H groups in total. The van der Waals surface area contributed by atoms with Crippen molar-refractivity contribution < 1.29 is 19.5 Å². The molecular weight excluding hydrogens is 408 g/mol. The molecule has 3 heterocycles. The maximum Gasteiger partial charge on any atom is 0.290 e. The molecule has 8 nitrogen and oxygen atoms in total. The Morgan fingerprint density at radius 3 is 2.66 bits per heavy atom. The fourth-order valence-electron chi connectivity index (χ4n) is 5.25. The van der Waals surface area contributed by atoms with Crippen molar-refractivity contribution in [2.45, 2.75) is 70.6 Å². The topological polar surface area (TPSA) is 105 Å².